The van der Waals surface area contributed by atoms with Gasteiger partial charge in [0.15, 0.2) is 0 Å². The molecule has 4 atom stereocenters. The SMILES string of the molecule is CCNC(=O)[C@@H](NC(=O)[C@H](C)NC[C@H](Cc1ccccc1)NC(=O)c1cccc(C(=O)NC(C)c2ccc(F)cc2)n1)C(C)C. The summed E-state index contributed by atoms with van der Waals surface area (Å²) in [6.45, 7) is 9.72. The van der Waals surface area contributed by atoms with Crippen molar-refractivity contribution in [3.05, 3.63) is 101 Å². The molecule has 0 aliphatic carbocycles. The van der Waals surface area contributed by atoms with Crippen LogP contribution in [0.15, 0.2) is 72.8 Å². The first kappa shape index (κ1) is 34.8. The number of amides is 4. The maximum Gasteiger partial charge on any atom is 0.270 e. The van der Waals surface area contributed by atoms with Gasteiger partial charge in [-0.3, -0.25) is 19.2 Å². The summed E-state index contributed by atoms with van der Waals surface area (Å²) in [5.41, 5.74) is 1.82. The number of likely N-dealkylation sites (N-methyl/N-ethyl adjacent to an activating group) is 1. The fourth-order valence-electron chi connectivity index (χ4n) is 4.63. The smallest absolute Gasteiger partial charge is 0.270 e. The minimum atomic E-state index is -0.671. The van der Waals surface area contributed by atoms with Gasteiger partial charge >= 0.3 is 0 Å². The summed E-state index contributed by atoms with van der Waals surface area (Å²) in [6.07, 6.45) is 0.469. The standard InChI is InChI=1S/C34H43FN6O4/c1-6-36-34(45)30(21(2)3)41-31(42)23(5)37-20-27(19-24-11-8-7-9-12-24)39-33(44)29-14-10-13-28(40-29)32(43)38-22(4)25-15-17-26(35)18-16-25/h7-18,21-23,27,30,37H,6,19-20H2,1-5H3,(H,36,45)(H,38,43)(H,39,44)(H,41,42)/t22?,23-,27-,30-/m0/s1. The van der Waals surface area contributed by atoms with E-state index in [0.717, 1.165) is 11.1 Å². The van der Waals surface area contributed by atoms with E-state index in [1.807, 2.05) is 51.1 Å². The van der Waals surface area contributed by atoms with Gasteiger partial charge in [-0.1, -0.05) is 62.4 Å². The maximum atomic E-state index is 13.3. The van der Waals surface area contributed by atoms with Crippen LogP contribution in [0.4, 0.5) is 4.39 Å². The number of hydrogen-bond donors (Lipinski definition) is 5. The molecule has 2 aromatic carbocycles. The Morgan fingerprint density at radius 1 is 0.756 bits per heavy atom. The summed E-state index contributed by atoms with van der Waals surface area (Å²) in [4.78, 5) is 55.9. The number of carbonyl (C=O) groups excluding carboxylic acids is 4. The third-order valence-corrected chi connectivity index (χ3v) is 7.25. The number of pyridine rings is 1. The van der Waals surface area contributed by atoms with Gasteiger partial charge in [-0.25, -0.2) is 9.37 Å². The number of benzene rings is 2. The highest BCUT2D eigenvalue weighted by atomic mass is 19.1. The molecule has 5 N–H and O–H groups in total. The molecule has 0 radical (unpaired) electrons. The maximum absolute atomic E-state index is 13.3. The summed E-state index contributed by atoms with van der Waals surface area (Å²) < 4.78 is 13.3. The molecule has 1 unspecified atom stereocenters. The van der Waals surface area contributed by atoms with Gasteiger partial charge in [-0.05, 0) is 68.5 Å². The first-order chi connectivity index (χ1) is 21.5. The van der Waals surface area contributed by atoms with Crippen LogP contribution in [0.3, 0.4) is 0 Å². The minimum absolute atomic E-state index is 0.0580. The number of rotatable bonds is 15. The van der Waals surface area contributed by atoms with E-state index in [2.05, 4.69) is 31.6 Å². The molecule has 240 valence electrons. The zero-order chi connectivity index (χ0) is 32.9. The molecule has 0 saturated carbocycles. The van der Waals surface area contributed by atoms with Crippen molar-refractivity contribution in [2.24, 2.45) is 5.92 Å². The van der Waals surface area contributed by atoms with E-state index >= 15 is 0 Å². The van der Waals surface area contributed by atoms with Crippen LogP contribution in [0.1, 0.15) is 72.8 Å². The molecule has 11 heteroatoms. The summed E-state index contributed by atoms with van der Waals surface area (Å²) in [5.74, 6) is -2.00. The number of nitrogens with zero attached hydrogens (tertiary/aromatic N) is 1. The molecule has 1 aromatic heterocycles. The average molecular weight is 619 g/mol. The summed E-state index contributed by atoms with van der Waals surface area (Å²) in [7, 11) is 0. The van der Waals surface area contributed by atoms with E-state index in [9.17, 15) is 23.6 Å². The lowest BCUT2D eigenvalue weighted by Gasteiger charge is -2.25. The van der Waals surface area contributed by atoms with E-state index in [4.69, 9.17) is 0 Å². The van der Waals surface area contributed by atoms with Gasteiger partial charge in [-0.2, -0.15) is 0 Å². The first-order valence-corrected chi connectivity index (χ1v) is 15.2. The number of aromatic nitrogens is 1. The highest BCUT2D eigenvalue weighted by Crippen LogP contribution is 2.14. The molecule has 0 aliphatic rings. The minimum Gasteiger partial charge on any atom is -0.355 e. The zero-order valence-corrected chi connectivity index (χ0v) is 26.4. The molecule has 3 aromatic rings. The molecule has 0 aliphatic heterocycles. The lowest BCUT2D eigenvalue weighted by atomic mass is 10.0. The molecular formula is C34H43FN6O4. The van der Waals surface area contributed by atoms with E-state index in [-0.39, 0.29) is 41.5 Å². The third-order valence-electron chi connectivity index (χ3n) is 7.25. The van der Waals surface area contributed by atoms with Crippen molar-refractivity contribution in [1.29, 1.82) is 0 Å². The van der Waals surface area contributed by atoms with Gasteiger partial charge in [0, 0.05) is 19.1 Å². The quantitative estimate of drug-likeness (QED) is 0.177. The monoisotopic (exact) mass is 618 g/mol. The average Bonchev–Trinajstić information content (AvgIpc) is 3.02. The number of carbonyl (C=O) groups is 4. The Labute approximate surface area is 264 Å². The van der Waals surface area contributed by atoms with Gasteiger partial charge < -0.3 is 26.6 Å². The van der Waals surface area contributed by atoms with Crippen LogP contribution in [0, 0.1) is 11.7 Å². The predicted molar refractivity (Wildman–Crippen MR) is 171 cm³/mol. The van der Waals surface area contributed by atoms with Gasteiger partial charge in [0.25, 0.3) is 11.8 Å². The Morgan fingerprint density at radius 2 is 1.38 bits per heavy atom. The van der Waals surface area contributed by atoms with Crippen molar-refractivity contribution in [2.75, 3.05) is 13.1 Å². The van der Waals surface area contributed by atoms with Gasteiger partial charge in [0.1, 0.15) is 23.2 Å². The van der Waals surface area contributed by atoms with E-state index in [0.29, 0.717) is 13.0 Å². The summed E-state index contributed by atoms with van der Waals surface area (Å²) >= 11 is 0. The molecule has 0 fully saturated rings. The van der Waals surface area contributed by atoms with E-state index < -0.39 is 36.0 Å². The number of nitrogens with one attached hydrogen (secondary N) is 5. The Bertz CT molecular complexity index is 1430. The van der Waals surface area contributed by atoms with E-state index in [1.54, 1.807) is 32.0 Å². The van der Waals surface area contributed by atoms with Gasteiger partial charge in [0.05, 0.1) is 12.1 Å². The molecule has 0 bridgehead atoms. The second-order valence-corrected chi connectivity index (χ2v) is 11.3. The Balaban J connectivity index is 1.68. The summed E-state index contributed by atoms with van der Waals surface area (Å²) in [5, 5.41) is 14.5. The molecule has 4 amide bonds. The van der Waals surface area contributed by atoms with Crippen molar-refractivity contribution < 1.29 is 23.6 Å². The van der Waals surface area contributed by atoms with Gasteiger partial charge in [-0.15, -0.1) is 0 Å². The lowest BCUT2D eigenvalue weighted by Crippen LogP contribution is -2.55. The van der Waals surface area contributed by atoms with Gasteiger partial charge in [0.2, 0.25) is 11.8 Å². The Hall–Kier alpha value is -4.64. The molecule has 10 nitrogen and oxygen atoms in total. The normalized spacial score (nSPS) is 13.7. The molecule has 0 saturated heterocycles. The van der Waals surface area contributed by atoms with Crippen LogP contribution in [-0.4, -0.2) is 59.8 Å². The Morgan fingerprint density at radius 3 is 1.98 bits per heavy atom. The molecule has 0 spiro atoms. The van der Waals surface area contributed by atoms with Crippen LogP contribution in [-0.2, 0) is 16.0 Å². The lowest BCUT2D eigenvalue weighted by molar-refractivity contribution is -0.130. The summed E-state index contributed by atoms with van der Waals surface area (Å²) in [6, 6.07) is 17.9. The highest BCUT2D eigenvalue weighted by Gasteiger charge is 2.26. The van der Waals surface area contributed by atoms with E-state index in [1.165, 1.54) is 24.3 Å². The topological polar surface area (TPSA) is 141 Å². The second kappa shape index (κ2) is 17.0. The second-order valence-electron chi connectivity index (χ2n) is 11.3. The zero-order valence-electron chi connectivity index (χ0n) is 26.4. The highest BCUT2D eigenvalue weighted by molar-refractivity contribution is 5.96. The Kier molecular flexibility index (Phi) is 13.2. The molecular weight excluding hydrogens is 575 g/mol. The third kappa shape index (κ3) is 10.8. The van der Waals surface area contributed by atoms with Crippen LogP contribution in [0.5, 0.6) is 0 Å². The van der Waals surface area contributed by atoms with Crippen molar-refractivity contribution in [2.45, 2.75) is 65.2 Å². The predicted octanol–water partition coefficient (Wildman–Crippen LogP) is 3.31. The fourth-order valence-corrected chi connectivity index (χ4v) is 4.63. The molecule has 45 heavy (non-hydrogen) atoms. The number of hydrogen-bond acceptors (Lipinski definition) is 6. The molecule has 1 heterocycles. The first-order valence-electron chi connectivity index (χ1n) is 15.2. The van der Waals surface area contributed by atoms with Crippen LogP contribution < -0.4 is 26.6 Å². The van der Waals surface area contributed by atoms with Crippen LogP contribution in [0.2, 0.25) is 0 Å². The fraction of sp³-hybridized carbons (Fsp3) is 0.382. The van der Waals surface area contributed by atoms with Crippen molar-refractivity contribution >= 4 is 23.6 Å². The number of halogens is 1. The van der Waals surface area contributed by atoms with Crippen molar-refractivity contribution in [1.82, 2.24) is 31.6 Å². The van der Waals surface area contributed by atoms with Crippen LogP contribution >= 0.6 is 0 Å². The molecule has 3 rings (SSSR count). The van der Waals surface area contributed by atoms with Crippen LogP contribution in [0.25, 0.3) is 0 Å². The largest absolute Gasteiger partial charge is 0.355 e. The van der Waals surface area contributed by atoms with Crippen molar-refractivity contribution in [3.63, 3.8) is 0 Å². The van der Waals surface area contributed by atoms with Crippen molar-refractivity contribution in [3.8, 4) is 0 Å².